The number of amides is 1. The Hall–Kier alpha value is -3.35. The molecular weight excluding hydrogens is 384 g/mol. The number of fused-ring (bicyclic) bond motifs is 2. The predicted molar refractivity (Wildman–Crippen MR) is 111 cm³/mol. The largest absolute Gasteiger partial charge is 0.452 e. The predicted octanol–water partition coefficient (Wildman–Crippen LogP) is 3.11. The molecule has 1 amide bonds. The molecule has 0 fully saturated rings. The van der Waals surface area contributed by atoms with Crippen molar-refractivity contribution < 1.29 is 18.7 Å². The van der Waals surface area contributed by atoms with Crippen molar-refractivity contribution in [1.29, 1.82) is 0 Å². The Kier molecular flexibility index (Phi) is 5.70. The molecule has 7 nitrogen and oxygen atoms in total. The van der Waals surface area contributed by atoms with E-state index < -0.39 is 17.8 Å². The normalized spacial score (nSPS) is 16.6. The number of hydrogen-bond acceptors (Lipinski definition) is 5. The molecule has 0 saturated heterocycles. The van der Waals surface area contributed by atoms with Crippen molar-refractivity contribution in [1.82, 2.24) is 9.88 Å². The number of carbonyl (C=O) groups excluding carboxylic acids is 2. The molecule has 1 aliphatic carbocycles. The van der Waals surface area contributed by atoms with Crippen LogP contribution in [0.4, 0.5) is 0 Å². The van der Waals surface area contributed by atoms with Gasteiger partial charge in [0.1, 0.15) is 0 Å². The molecule has 156 valence electrons. The molecule has 0 aliphatic heterocycles. The van der Waals surface area contributed by atoms with Gasteiger partial charge in [-0.25, -0.2) is 4.79 Å². The minimum atomic E-state index is -0.913. The lowest BCUT2D eigenvalue weighted by Crippen LogP contribution is -2.39. The molecule has 3 aromatic rings. The molecule has 0 radical (unpaired) electrons. The molecule has 0 saturated carbocycles. The molecule has 7 heteroatoms. The second kappa shape index (κ2) is 8.57. The Morgan fingerprint density at radius 2 is 1.97 bits per heavy atom. The van der Waals surface area contributed by atoms with Crippen molar-refractivity contribution in [2.75, 3.05) is 0 Å². The van der Waals surface area contributed by atoms with Crippen LogP contribution in [0.5, 0.6) is 0 Å². The van der Waals surface area contributed by atoms with Gasteiger partial charge in [-0.2, -0.15) is 0 Å². The Bertz CT molecular complexity index is 1130. The van der Waals surface area contributed by atoms with Gasteiger partial charge in [-0.15, -0.1) is 0 Å². The highest BCUT2D eigenvalue weighted by atomic mass is 16.5. The summed E-state index contributed by atoms with van der Waals surface area (Å²) in [4.78, 5) is 36.8. The summed E-state index contributed by atoms with van der Waals surface area (Å²) in [5, 5.41) is 3.00. The average Bonchev–Trinajstić information content (AvgIpc) is 3.07. The van der Waals surface area contributed by atoms with E-state index in [0.29, 0.717) is 11.1 Å². The smallest absolute Gasteiger partial charge is 0.419 e. The number of rotatable bonds is 6. The Balaban J connectivity index is 1.33. The molecule has 0 bridgehead atoms. The number of oxazole rings is 1. The quantitative estimate of drug-likeness (QED) is 0.633. The number of hydrogen-bond donors (Lipinski definition) is 1. The lowest BCUT2D eigenvalue weighted by atomic mass is 9.87. The Morgan fingerprint density at radius 3 is 2.83 bits per heavy atom. The lowest BCUT2D eigenvalue weighted by Gasteiger charge is -2.27. The van der Waals surface area contributed by atoms with Crippen LogP contribution in [0.25, 0.3) is 11.1 Å². The molecule has 0 spiro atoms. The first-order chi connectivity index (χ1) is 14.5. The van der Waals surface area contributed by atoms with Gasteiger partial charge in [-0.05, 0) is 49.4 Å². The number of aryl methyl sites for hydroxylation is 2. The zero-order chi connectivity index (χ0) is 21.1. The maximum absolute atomic E-state index is 12.6. The van der Waals surface area contributed by atoms with Crippen molar-refractivity contribution in [3.8, 4) is 0 Å². The van der Waals surface area contributed by atoms with Crippen molar-refractivity contribution in [2.45, 2.75) is 51.3 Å². The van der Waals surface area contributed by atoms with Crippen LogP contribution in [0.1, 0.15) is 43.4 Å². The topological polar surface area (TPSA) is 90.5 Å². The third kappa shape index (κ3) is 4.15. The third-order valence-electron chi connectivity index (χ3n) is 5.48. The molecule has 1 N–H and O–H groups in total. The molecule has 1 heterocycles. The highest BCUT2D eigenvalue weighted by Crippen LogP contribution is 2.29. The van der Waals surface area contributed by atoms with Crippen LogP contribution in [-0.2, 0) is 27.3 Å². The molecule has 30 heavy (non-hydrogen) atoms. The van der Waals surface area contributed by atoms with Gasteiger partial charge >= 0.3 is 11.7 Å². The summed E-state index contributed by atoms with van der Waals surface area (Å²) in [7, 11) is 0. The first-order valence-corrected chi connectivity index (χ1v) is 10.2. The van der Waals surface area contributed by atoms with E-state index in [1.165, 1.54) is 10.1 Å². The van der Waals surface area contributed by atoms with E-state index in [0.717, 1.165) is 24.8 Å². The van der Waals surface area contributed by atoms with Crippen LogP contribution in [0.3, 0.4) is 0 Å². The van der Waals surface area contributed by atoms with Gasteiger partial charge in [0.05, 0.1) is 18.0 Å². The maximum Gasteiger partial charge on any atom is 0.419 e. The molecule has 1 aromatic heterocycles. The SMILES string of the molecule is C[C@@H](OC(=O)CCn1c(=O)oc2ccccc21)C(=O)N[C@@H]1CCCc2ccccc21. The van der Waals surface area contributed by atoms with Crippen LogP contribution in [0.15, 0.2) is 57.7 Å². The Labute approximate surface area is 173 Å². The van der Waals surface area contributed by atoms with Gasteiger partial charge in [0.15, 0.2) is 11.7 Å². The van der Waals surface area contributed by atoms with Crippen molar-refractivity contribution in [2.24, 2.45) is 0 Å². The number of aromatic nitrogens is 1. The highest BCUT2D eigenvalue weighted by molar-refractivity contribution is 5.83. The number of esters is 1. The van der Waals surface area contributed by atoms with Gasteiger partial charge in [-0.3, -0.25) is 14.2 Å². The highest BCUT2D eigenvalue weighted by Gasteiger charge is 2.25. The zero-order valence-electron chi connectivity index (χ0n) is 16.8. The minimum absolute atomic E-state index is 0.0344. The first kappa shape index (κ1) is 19.9. The fraction of sp³-hybridized carbons (Fsp3) is 0.348. The standard InChI is InChI=1S/C23H24N2O5/c1-15(22(27)24-18-10-6-8-16-7-2-3-9-17(16)18)29-21(26)13-14-25-19-11-4-5-12-20(19)30-23(25)28/h2-5,7,9,11-12,15,18H,6,8,10,13-14H2,1H3,(H,24,27)/t15-,18-/m1/s1. The van der Waals surface area contributed by atoms with Crippen LogP contribution in [0.2, 0.25) is 0 Å². The fourth-order valence-corrected chi connectivity index (χ4v) is 3.93. The number of carbonyl (C=O) groups is 2. The third-order valence-corrected chi connectivity index (χ3v) is 5.48. The molecule has 2 aromatic carbocycles. The number of benzene rings is 2. The Morgan fingerprint density at radius 1 is 1.20 bits per heavy atom. The first-order valence-electron chi connectivity index (χ1n) is 10.2. The summed E-state index contributed by atoms with van der Waals surface area (Å²) < 4.78 is 11.8. The van der Waals surface area contributed by atoms with Gasteiger partial charge in [0, 0.05) is 6.54 Å². The van der Waals surface area contributed by atoms with Gasteiger partial charge < -0.3 is 14.5 Å². The second-order valence-electron chi connectivity index (χ2n) is 7.52. The van der Waals surface area contributed by atoms with E-state index in [1.54, 1.807) is 31.2 Å². The lowest BCUT2D eigenvalue weighted by molar-refractivity contribution is -0.155. The van der Waals surface area contributed by atoms with E-state index in [4.69, 9.17) is 9.15 Å². The molecule has 2 atom stereocenters. The van der Waals surface area contributed by atoms with E-state index in [1.807, 2.05) is 18.2 Å². The van der Waals surface area contributed by atoms with Crippen LogP contribution < -0.4 is 11.1 Å². The molecule has 1 aliphatic rings. The maximum atomic E-state index is 12.6. The summed E-state index contributed by atoms with van der Waals surface area (Å²) in [6.45, 7) is 1.68. The number of nitrogens with one attached hydrogen (secondary N) is 1. The van der Waals surface area contributed by atoms with Crippen LogP contribution in [0, 0.1) is 0 Å². The number of nitrogens with zero attached hydrogens (tertiary/aromatic N) is 1. The monoisotopic (exact) mass is 408 g/mol. The molecule has 0 unspecified atom stereocenters. The van der Waals surface area contributed by atoms with Crippen molar-refractivity contribution in [3.05, 3.63) is 70.2 Å². The summed E-state index contributed by atoms with van der Waals surface area (Å²) in [6.07, 6.45) is 1.93. The fourth-order valence-electron chi connectivity index (χ4n) is 3.93. The number of ether oxygens (including phenoxy) is 1. The summed E-state index contributed by atoms with van der Waals surface area (Å²) in [6, 6.07) is 15.0. The zero-order valence-corrected chi connectivity index (χ0v) is 16.8. The molecule has 4 rings (SSSR count). The van der Waals surface area contributed by atoms with Gasteiger partial charge in [0.2, 0.25) is 0 Å². The van der Waals surface area contributed by atoms with E-state index in [-0.39, 0.29) is 24.9 Å². The van der Waals surface area contributed by atoms with Crippen LogP contribution in [-0.4, -0.2) is 22.5 Å². The van der Waals surface area contributed by atoms with Gasteiger partial charge in [-0.1, -0.05) is 36.4 Å². The summed E-state index contributed by atoms with van der Waals surface area (Å²) in [5.41, 5.74) is 3.46. The van der Waals surface area contributed by atoms with E-state index in [2.05, 4.69) is 11.4 Å². The van der Waals surface area contributed by atoms with Crippen molar-refractivity contribution >= 4 is 23.0 Å². The summed E-state index contributed by atoms with van der Waals surface area (Å²) >= 11 is 0. The van der Waals surface area contributed by atoms with E-state index >= 15 is 0 Å². The van der Waals surface area contributed by atoms with Crippen LogP contribution >= 0.6 is 0 Å². The molecular formula is C23H24N2O5. The van der Waals surface area contributed by atoms with Crippen molar-refractivity contribution in [3.63, 3.8) is 0 Å². The van der Waals surface area contributed by atoms with E-state index in [9.17, 15) is 14.4 Å². The van der Waals surface area contributed by atoms with Gasteiger partial charge in [0.25, 0.3) is 5.91 Å². The minimum Gasteiger partial charge on any atom is -0.452 e. The summed E-state index contributed by atoms with van der Waals surface area (Å²) in [5.74, 6) is -1.39. The second-order valence-corrected chi connectivity index (χ2v) is 7.52. The average molecular weight is 408 g/mol. The number of para-hydroxylation sites is 2.